The average Bonchev–Trinajstić information content (AvgIpc) is 3.52. The smallest absolute Gasteiger partial charge is 0.433 e. The molecule has 0 saturated carbocycles. The number of carbonyl (C=O) groups is 1. The number of alkyl halides is 3. The first-order valence-corrected chi connectivity index (χ1v) is 9.28. The van der Waals surface area contributed by atoms with Gasteiger partial charge in [-0.3, -0.25) is 4.79 Å². The zero-order valence-electron chi connectivity index (χ0n) is 15.5. The molecule has 4 aromatic heterocycles. The Bertz CT molecular complexity index is 1200. The van der Waals surface area contributed by atoms with E-state index in [0.717, 1.165) is 18.7 Å². The highest BCUT2D eigenvalue weighted by Gasteiger charge is 2.38. The lowest BCUT2D eigenvalue weighted by Crippen LogP contribution is -2.30. The summed E-state index contributed by atoms with van der Waals surface area (Å²) in [6.07, 6.45) is 0.767. The van der Waals surface area contributed by atoms with Crippen molar-refractivity contribution in [1.82, 2.24) is 19.5 Å². The van der Waals surface area contributed by atoms with E-state index in [-0.39, 0.29) is 28.7 Å². The molecule has 1 amide bonds. The number of hydrogen-bond donors (Lipinski definition) is 0. The number of furan rings is 2. The standard InChI is InChI=1S/C20H15F3N4O3/c21-20(22,23)17-10-13(15-5-2-8-29-15)25-18-12(11-24-27(17)18)19(28)26-7-1-4-14(26)16-6-3-9-30-16/h2-3,5-6,8-11,14H,1,4,7H2/t14-/m1/s1. The van der Waals surface area contributed by atoms with Gasteiger partial charge in [0.2, 0.25) is 0 Å². The quantitative estimate of drug-likeness (QED) is 0.489. The fourth-order valence-electron chi connectivity index (χ4n) is 3.81. The van der Waals surface area contributed by atoms with Crippen LogP contribution in [-0.4, -0.2) is 31.9 Å². The van der Waals surface area contributed by atoms with Crippen molar-refractivity contribution < 1.29 is 26.8 Å². The Hall–Kier alpha value is -3.56. The van der Waals surface area contributed by atoms with Gasteiger partial charge in [0.25, 0.3) is 5.91 Å². The van der Waals surface area contributed by atoms with Crippen molar-refractivity contribution in [1.29, 1.82) is 0 Å². The minimum Gasteiger partial charge on any atom is -0.467 e. The van der Waals surface area contributed by atoms with Crippen molar-refractivity contribution in [2.75, 3.05) is 6.54 Å². The lowest BCUT2D eigenvalue weighted by Gasteiger charge is -2.22. The molecule has 10 heteroatoms. The molecule has 1 aliphatic heterocycles. The van der Waals surface area contributed by atoms with Gasteiger partial charge in [-0.15, -0.1) is 0 Å². The monoisotopic (exact) mass is 416 g/mol. The normalized spacial score (nSPS) is 17.2. The van der Waals surface area contributed by atoms with Gasteiger partial charge in [-0.2, -0.15) is 18.3 Å². The van der Waals surface area contributed by atoms with Crippen LogP contribution in [0.2, 0.25) is 0 Å². The summed E-state index contributed by atoms with van der Waals surface area (Å²) < 4.78 is 52.3. The topological polar surface area (TPSA) is 76.8 Å². The van der Waals surface area contributed by atoms with E-state index in [4.69, 9.17) is 8.83 Å². The molecule has 0 aliphatic carbocycles. The molecule has 1 saturated heterocycles. The van der Waals surface area contributed by atoms with Crippen LogP contribution < -0.4 is 0 Å². The van der Waals surface area contributed by atoms with E-state index in [1.807, 2.05) is 0 Å². The van der Waals surface area contributed by atoms with Crippen molar-refractivity contribution in [3.05, 3.63) is 66.1 Å². The lowest BCUT2D eigenvalue weighted by atomic mass is 10.1. The predicted octanol–water partition coefficient (Wildman–Crippen LogP) is 4.58. The minimum atomic E-state index is -4.70. The molecule has 0 aromatic carbocycles. The summed E-state index contributed by atoms with van der Waals surface area (Å²) >= 11 is 0. The Morgan fingerprint density at radius 2 is 1.97 bits per heavy atom. The highest BCUT2D eigenvalue weighted by Crippen LogP contribution is 2.36. The molecule has 7 nitrogen and oxygen atoms in total. The second-order valence-electron chi connectivity index (χ2n) is 6.97. The molecule has 154 valence electrons. The summed E-state index contributed by atoms with van der Waals surface area (Å²) in [5, 5.41) is 3.82. The second-order valence-corrected chi connectivity index (χ2v) is 6.97. The molecule has 0 N–H and O–H groups in total. The summed E-state index contributed by atoms with van der Waals surface area (Å²) in [7, 11) is 0. The van der Waals surface area contributed by atoms with Crippen molar-refractivity contribution >= 4 is 11.6 Å². The summed E-state index contributed by atoms with van der Waals surface area (Å²) in [5.41, 5.74) is -1.25. The molecule has 5 rings (SSSR count). The van der Waals surface area contributed by atoms with Gasteiger partial charge in [0.1, 0.15) is 17.0 Å². The van der Waals surface area contributed by atoms with E-state index in [9.17, 15) is 18.0 Å². The molecular weight excluding hydrogens is 401 g/mol. The summed E-state index contributed by atoms with van der Waals surface area (Å²) in [6, 6.07) is 7.14. The van der Waals surface area contributed by atoms with E-state index >= 15 is 0 Å². The number of aromatic nitrogens is 3. The van der Waals surface area contributed by atoms with Crippen molar-refractivity contribution in [2.24, 2.45) is 0 Å². The van der Waals surface area contributed by atoms with Crippen LogP contribution in [0.15, 0.2) is 57.9 Å². The molecule has 0 radical (unpaired) electrons. The first-order valence-electron chi connectivity index (χ1n) is 9.28. The fraction of sp³-hybridized carbons (Fsp3) is 0.250. The molecular formula is C20H15F3N4O3. The fourth-order valence-corrected chi connectivity index (χ4v) is 3.81. The Labute approximate surface area is 167 Å². The summed E-state index contributed by atoms with van der Waals surface area (Å²) in [5.74, 6) is 0.357. The Balaban J connectivity index is 1.63. The van der Waals surface area contributed by atoms with Crippen LogP contribution >= 0.6 is 0 Å². The van der Waals surface area contributed by atoms with Crippen LogP contribution in [0.3, 0.4) is 0 Å². The van der Waals surface area contributed by atoms with Gasteiger partial charge in [0.15, 0.2) is 17.1 Å². The molecule has 1 aliphatic rings. The Morgan fingerprint density at radius 3 is 2.67 bits per heavy atom. The molecule has 1 fully saturated rings. The van der Waals surface area contributed by atoms with E-state index in [1.165, 1.54) is 18.6 Å². The Morgan fingerprint density at radius 1 is 1.17 bits per heavy atom. The van der Waals surface area contributed by atoms with Crippen LogP contribution in [0.4, 0.5) is 13.2 Å². The average molecular weight is 416 g/mol. The van der Waals surface area contributed by atoms with Crippen LogP contribution in [-0.2, 0) is 6.18 Å². The molecule has 1 atom stereocenters. The van der Waals surface area contributed by atoms with Gasteiger partial charge in [0.05, 0.1) is 24.8 Å². The third kappa shape index (κ3) is 2.95. The maximum absolute atomic E-state index is 13.7. The predicted molar refractivity (Wildman–Crippen MR) is 97.4 cm³/mol. The molecule has 30 heavy (non-hydrogen) atoms. The number of hydrogen-bond acceptors (Lipinski definition) is 5. The van der Waals surface area contributed by atoms with Gasteiger partial charge in [-0.1, -0.05) is 0 Å². The van der Waals surface area contributed by atoms with Gasteiger partial charge >= 0.3 is 6.18 Å². The first-order chi connectivity index (χ1) is 14.4. The largest absolute Gasteiger partial charge is 0.467 e. The highest BCUT2D eigenvalue weighted by molar-refractivity contribution is 6.00. The zero-order valence-corrected chi connectivity index (χ0v) is 15.5. The van der Waals surface area contributed by atoms with Crippen molar-refractivity contribution in [3.8, 4) is 11.5 Å². The minimum absolute atomic E-state index is 0.00707. The Kier molecular flexibility index (Phi) is 4.16. The van der Waals surface area contributed by atoms with E-state index < -0.39 is 17.8 Å². The number of amides is 1. The van der Waals surface area contributed by atoms with E-state index in [1.54, 1.807) is 23.1 Å². The molecule has 0 unspecified atom stereocenters. The third-order valence-electron chi connectivity index (χ3n) is 5.15. The lowest BCUT2D eigenvalue weighted by molar-refractivity contribution is -0.142. The highest BCUT2D eigenvalue weighted by atomic mass is 19.4. The zero-order chi connectivity index (χ0) is 20.9. The van der Waals surface area contributed by atoms with Crippen molar-refractivity contribution in [3.63, 3.8) is 0 Å². The summed E-state index contributed by atoms with van der Waals surface area (Å²) in [4.78, 5) is 19.1. The molecule has 4 aromatic rings. The van der Waals surface area contributed by atoms with Crippen LogP contribution in [0, 0.1) is 0 Å². The van der Waals surface area contributed by atoms with Crippen molar-refractivity contribution in [2.45, 2.75) is 25.1 Å². The van der Waals surface area contributed by atoms with Gasteiger partial charge in [-0.05, 0) is 43.2 Å². The van der Waals surface area contributed by atoms with E-state index in [0.29, 0.717) is 23.2 Å². The molecule has 0 bridgehead atoms. The van der Waals surface area contributed by atoms with E-state index in [2.05, 4.69) is 10.1 Å². The van der Waals surface area contributed by atoms with Crippen LogP contribution in [0.5, 0.6) is 0 Å². The first kappa shape index (κ1) is 18.5. The SMILES string of the molecule is O=C(c1cnn2c(C(F)(F)F)cc(-c3ccco3)nc12)N1CCC[C@@H]1c1ccco1. The maximum Gasteiger partial charge on any atom is 0.433 e. The van der Waals surface area contributed by atoms with Gasteiger partial charge < -0.3 is 13.7 Å². The van der Waals surface area contributed by atoms with Gasteiger partial charge in [0, 0.05) is 6.54 Å². The number of fused-ring (bicyclic) bond motifs is 1. The number of nitrogens with zero attached hydrogens (tertiary/aromatic N) is 4. The van der Waals surface area contributed by atoms with Gasteiger partial charge in [-0.25, -0.2) is 9.50 Å². The summed E-state index contributed by atoms with van der Waals surface area (Å²) in [6.45, 7) is 0.464. The molecule has 5 heterocycles. The third-order valence-corrected chi connectivity index (χ3v) is 5.15. The second kappa shape index (κ2) is 6.75. The maximum atomic E-state index is 13.7. The van der Waals surface area contributed by atoms with Crippen LogP contribution in [0.1, 0.15) is 40.7 Å². The number of rotatable bonds is 3. The number of likely N-dealkylation sites (tertiary alicyclic amines) is 1. The number of carbonyl (C=O) groups excluding carboxylic acids is 1. The number of halogens is 3. The molecule has 0 spiro atoms. The van der Waals surface area contributed by atoms with Crippen LogP contribution in [0.25, 0.3) is 17.1 Å².